The normalized spacial score (nSPS) is 16.0. The Hall–Kier alpha value is -2.16. The molecule has 2 N–H and O–H groups in total. The molecule has 0 saturated heterocycles. The number of hydrogen-bond donors (Lipinski definition) is 2. The van der Waals surface area contributed by atoms with Gasteiger partial charge in [0.05, 0.1) is 37.4 Å². The molecular formula is C22H29NO6S. The third-order valence-electron chi connectivity index (χ3n) is 5.55. The van der Waals surface area contributed by atoms with Gasteiger partial charge in [0.2, 0.25) is 0 Å². The first kappa shape index (κ1) is 22.5. The van der Waals surface area contributed by atoms with Gasteiger partial charge in [-0.15, -0.1) is 11.3 Å². The standard InChI is InChI=1S/C22H29NO6S/c1-13-17(27-2)7-15(8-18(13)28-3)22(26)19(29-11-14-5-4-6-14)10-20-23-16(12-30-20)9-21(24)25/h7-8,12,14,19,22,26H,4-6,9-11H2,1-3H3,(H,24,25)/t19-,22+/m0/s1. The van der Waals surface area contributed by atoms with Crippen LogP contribution in [0.3, 0.4) is 0 Å². The van der Waals surface area contributed by atoms with Crippen LogP contribution in [0.15, 0.2) is 17.5 Å². The molecule has 0 aliphatic heterocycles. The fourth-order valence-electron chi connectivity index (χ4n) is 3.52. The first-order chi connectivity index (χ1) is 14.4. The second-order valence-electron chi connectivity index (χ2n) is 7.67. The van der Waals surface area contributed by atoms with Gasteiger partial charge in [-0.05, 0) is 43.4 Å². The van der Waals surface area contributed by atoms with Crippen molar-refractivity contribution in [2.24, 2.45) is 5.92 Å². The number of carboxylic acids is 1. The summed E-state index contributed by atoms with van der Waals surface area (Å²) < 4.78 is 17.0. The van der Waals surface area contributed by atoms with Gasteiger partial charge < -0.3 is 24.4 Å². The summed E-state index contributed by atoms with van der Waals surface area (Å²) >= 11 is 1.39. The second-order valence-corrected chi connectivity index (χ2v) is 8.61. The van der Waals surface area contributed by atoms with Crippen LogP contribution in [-0.4, -0.2) is 48.1 Å². The molecule has 7 nitrogen and oxygen atoms in total. The van der Waals surface area contributed by atoms with E-state index in [2.05, 4.69) is 4.98 Å². The summed E-state index contributed by atoms with van der Waals surface area (Å²) in [4.78, 5) is 15.3. The molecule has 1 saturated carbocycles. The van der Waals surface area contributed by atoms with E-state index in [9.17, 15) is 9.90 Å². The summed E-state index contributed by atoms with van der Waals surface area (Å²) in [5, 5.41) is 22.6. The molecule has 0 spiro atoms. The number of rotatable bonds is 11. The van der Waals surface area contributed by atoms with Crippen molar-refractivity contribution in [1.82, 2.24) is 4.98 Å². The first-order valence-corrected chi connectivity index (χ1v) is 11.0. The highest BCUT2D eigenvalue weighted by molar-refractivity contribution is 7.09. The maximum atomic E-state index is 11.2. The third-order valence-corrected chi connectivity index (χ3v) is 6.47. The number of benzene rings is 1. The van der Waals surface area contributed by atoms with E-state index in [4.69, 9.17) is 19.3 Å². The van der Waals surface area contributed by atoms with Crippen molar-refractivity contribution in [3.8, 4) is 11.5 Å². The van der Waals surface area contributed by atoms with Gasteiger partial charge in [0.15, 0.2) is 0 Å². The Kier molecular flexibility index (Phi) is 7.69. The molecule has 0 amide bonds. The van der Waals surface area contributed by atoms with E-state index < -0.39 is 18.2 Å². The summed E-state index contributed by atoms with van der Waals surface area (Å²) in [6.07, 6.45) is 2.39. The van der Waals surface area contributed by atoms with Crippen molar-refractivity contribution in [2.45, 2.75) is 51.2 Å². The molecule has 1 aromatic heterocycles. The number of thiazole rings is 1. The predicted molar refractivity (Wildman–Crippen MR) is 113 cm³/mol. The molecule has 1 heterocycles. The summed E-state index contributed by atoms with van der Waals surface area (Å²) in [6.45, 7) is 2.49. The number of aliphatic carboxylic acids is 1. The van der Waals surface area contributed by atoms with Crippen LogP contribution >= 0.6 is 11.3 Å². The van der Waals surface area contributed by atoms with Crippen LogP contribution in [0, 0.1) is 12.8 Å². The van der Waals surface area contributed by atoms with E-state index in [1.54, 1.807) is 31.7 Å². The van der Waals surface area contributed by atoms with Crippen LogP contribution < -0.4 is 9.47 Å². The maximum absolute atomic E-state index is 11.2. The minimum Gasteiger partial charge on any atom is -0.496 e. The zero-order valence-corrected chi connectivity index (χ0v) is 18.4. The molecular weight excluding hydrogens is 406 g/mol. The molecule has 3 rings (SSSR count). The number of methoxy groups -OCH3 is 2. The topological polar surface area (TPSA) is 98.1 Å². The zero-order valence-electron chi connectivity index (χ0n) is 17.6. The van der Waals surface area contributed by atoms with E-state index >= 15 is 0 Å². The Balaban J connectivity index is 1.81. The second kappa shape index (κ2) is 10.2. The molecule has 30 heavy (non-hydrogen) atoms. The maximum Gasteiger partial charge on any atom is 0.309 e. The zero-order chi connectivity index (χ0) is 21.7. The molecule has 1 aliphatic rings. The molecule has 0 unspecified atom stereocenters. The number of aliphatic hydroxyl groups is 1. The van der Waals surface area contributed by atoms with E-state index in [-0.39, 0.29) is 6.42 Å². The lowest BCUT2D eigenvalue weighted by molar-refractivity contribution is -0.136. The SMILES string of the molecule is COc1cc([C@@H](O)[C@H](Cc2nc(CC(=O)O)cs2)OCC2CCC2)cc(OC)c1C. The van der Waals surface area contributed by atoms with Gasteiger partial charge in [-0.3, -0.25) is 4.79 Å². The van der Waals surface area contributed by atoms with E-state index in [0.29, 0.717) is 41.7 Å². The number of aromatic nitrogens is 1. The van der Waals surface area contributed by atoms with Crippen molar-refractivity contribution < 1.29 is 29.2 Å². The minimum absolute atomic E-state index is 0.112. The lowest BCUT2D eigenvalue weighted by Gasteiger charge is -2.30. The summed E-state index contributed by atoms with van der Waals surface area (Å²) in [6, 6.07) is 3.61. The summed E-state index contributed by atoms with van der Waals surface area (Å²) in [7, 11) is 3.17. The highest BCUT2D eigenvalue weighted by Crippen LogP contribution is 2.35. The molecule has 164 valence electrons. The van der Waals surface area contributed by atoms with Gasteiger partial charge in [0.25, 0.3) is 0 Å². The van der Waals surface area contributed by atoms with E-state index in [0.717, 1.165) is 23.4 Å². The van der Waals surface area contributed by atoms with Crippen LogP contribution in [0.1, 0.15) is 47.2 Å². The Morgan fingerprint density at radius 3 is 2.47 bits per heavy atom. The smallest absolute Gasteiger partial charge is 0.309 e. The first-order valence-electron chi connectivity index (χ1n) is 10.1. The lowest BCUT2D eigenvalue weighted by Crippen LogP contribution is -2.29. The lowest BCUT2D eigenvalue weighted by atomic mass is 9.86. The Morgan fingerprint density at radius 1 is 1.27 bits per heavy atom. The Bertz CT molecular complexity index is 838. The third kappa shape index (κ3) is 5.50. The largest absolute Gasteiger partial charge is 0.496 e. The van der Waals surface area contributed by atoms with E-state index in [1.807, 2.05) is 6.92 Å². The average molecular weight is 436 g/mol. The van der Waals surface area contributed by atoms with Gasteiger partial charge in [0.1, 0.15) is 17.6 Å². The van der Waals surface area contributed by atoms with Crippen LogP contribution in [0.4, 0.5) is 0 Å². The van der Waals surface area contributed by atoms with Crippen molar-refractivity contribution in [2.75, 3.05) is 20.8 Å². The average Bonchev–Trinajstić information content (AvgIpc) is 3.11. The Labute approximate surface area is 180 Å². The molecule has 1 aromatic carbocycles. The number of ether oxygens (including phenoxy) is 3. The van der Waals surface area contributed by atoms with Crippen LogP contribution in [-0.2, 0) is 22.4 Å². The molecule has 0 radical (unpaired) electrons. The van der Waals surface area contributed by atoms with Gasteiger partial charge in [0, 0.05) is 24.0 Å². The highest BCUT2D eigenvalue weighted by Gasteiger charge is 2.28. The van der Waals surface area contributed by atoms with Gasteiger partial charge >= 0.3 is 5.97 Å². The predicted octanol–water partition coefficient (Wildman–Crippen LogP) is 3.56. The molecule has 0 bridgehead atoms. The van der Waals surface area contributed by atoms with Crippen molar-refractivity contribution >= 4 is 17.3 Å². The van der Waals surface area contributed by atoms with Gasteiger partial charge in [-0.2, -0.15) is 0 Å². The molecule has 2 atom stereocenters. The number of hydrogen-bond acceptors (Lipinski definition) is 7. The fourth-order valence-corrected chi connectivity index (χ4v) is 4.36. The quantitative estimate of drug-likeness (QED) is 0.557. The van der Waals surface area contributed by atoms with Gasteiger partial charge in [-0.25, -0.2) is 4.98 Å². The molecule has 1 fully saturated rings. The van der Waals surface area contributed by atoms with Crippen LogP contribution in [0.5, 0.6) is 11.5 Å². The Morgan fingerprint density at radius 2 is 1.93 bits per heavy atom. The highest BCUT2D eigenvalue weighted by atomic mass is 32.1. The summed E-state index contributed by atoms with van der Waals surface area (Å²) in [5.41, 5.74) is 2.03. The minimum atomic E-state index is -0.913. The summed E-state index contributed by atoms with van der Waals surface area (Å²) in [5.74, 6) is 0.891. The van der Waals surface area contributed by atoms with Crippen molar-refractivity contribution in [1.29, 1.82) is 0 Å². The number of aliphatic hydroxyl groups excluding tert-OH is 1. The van der Waals surface area contributed by atoms with E-state index in [1.165, 1.54) is 17.8 Å². The van der Waals surface area contributed by atoms with Gasteiger partial charge in [-0.1, -0.05) is 6.42 Å². The van der Waals surface area contributed by atoms with Crippen LogP contribution in [0.25, 0.3) is 0 Å². The van der Waals surface area contributed by atoms with Crippen molar-refractivity contribution in [3.05, 3.63) is 39.3 Å². The van der Waals surface area contributed by atoms with Crippen molar-refractivity contribution in [3.63, 3.8) is 0 Å². The number of nitrogens with zero attached hydrogens (tertiary/aromatic N) is 1. The molecule has 8 heteroatoms. The monoisotopic (exact) mass is 435 g/mol. The molecule has 1 aliphatic carbocycles. The van der Waals surface area contributed by atoms with Crippen LogP contribution in [0.2, 0.25) is 0 Å². The molecule has 2 aromatic rings. The fraction of sp³-hybridized carbons (Fsp3) is 0.545. The number of carboxylic acid groups (broad SMARTS) is 1. The number of carbonyl (C=O) groups is 1.